The predicted octanol–water partition coefficient (Wildman–Crippen LogP) is -0.371. The molecule has 1 heterocycles. The van der Waals surface area contributed by atoms with Gasteiger partial charge in [-0.15, -0.1) is 0 Å². The molecule has 6 nitrogen and oxygen atoms in total. The highest BCUT2D eigenvalue weighted by molar-refractivity contribution is 5.79. The Balaban J connectivity index is 2.57. The minimum Gasteiger partial charge on any atom is -0.548 e. The molecule has 1 aliphatic rings. The number of alkyl carbamates (subject to hydrolysis) is 1. The molecule has 18 heavy (non-hydrogen) atoms. The summed E-state index contributed by atoms with van der Waals surface area (Å²) in [5, 5.41) is 16.6. The lowest BCUT2D eigenvalue weighted by molar-refractivity contribution is -0.309. The number of carbonyl (C=O) groups excluding carboxylic acids is 2. The van der Waals surface area contributed by atoms with Crippen LogP contribution in [0.2, 0.25) is 0 Å². The van der Waals surface area contributed by atoms with Crippen LogP contribution in [0.3, 0.4) is 0 Å². The van der Waals surface area contributed by atoms with E-state index in [9.17, 15) is 14.7 Å². The van der Waals surface area contributed by atoms with E-state index < -0.39 is 23.7 Å². The monoisotopic (exact) mass is 257 g/mol. The highest BCUT2D eigenvalue weighted by atomic mass is 16.6. The molecule has 0 spiro atoms. The SMILES string of the molecule is CC(C)(C)OC(=O)NC(C(=O)[O-])C1CCNCC1. The van der Waals surface area contributed by atoms with Crippen LogP contribution in [0.15, 0.2) is 0 Å². The third-order valence-corrected chi connectivity index (χ3v) is 2.78. The number of carboxylic acid groups (broad SMARTS) is 1. The van der Waals surface area contributed by atoms with Crippen molar-refractivity contribution in [1.29, 1.82) is 0 Å². The summed E-state index contributed by atoms with van der Waals surface area (Å²) < 4.78 is 5.05. The van der Waals surface area contributed by atoms with E-state index in [1.165, 1.54) is 0 Å². The third kappa shape index (κ3) is 4.91. The van der Waals surface area contributed by atoms with Gasteiger partial charge in [0.25, 0.3) is 0 Å². The van der Waals surface area contributed by atoms with Crippen molar-refractivity contribution in [2.24, 2.45) is 5.92 Å². The molecule has 0 bridgehead atoms. The highest BCUT2D eigenvalue weighted by Crippen LogP contribution is 2.17. The van der Waals surface area contributed by atoms with E-state index in [0.717, 1.165) is 13.1 Å². The number of ether oxygens (including phenoxy) is 1. The molecule has 104 valence electrons. The molecule has 0 radical (unpaired) electrons. The summed E-state index contributed by atoms with van der Waals surface area (Å²) in [7, 11) is 0. The summed E-state index contributed by atoms with van der Waals surface area (Å²) in [4.78, 5) is 22.7. The smallest absolute Gasteiger partial charge is 0.408 e. The van der Waals surface area contributed by atoms with Crippen molar-refractivity contribution in [1.82, 2.24) is 10.6 Å². The van der Waals surface area contributed by atoms with Crippen molar-refractivity contribution in [2.45, 2.75) is 45.3 Å². The van der Waals surface area contributed by atoms with E-state index >= 15 is 0 Å². The number of piperidine rings is 1. The van der Waals surface area contributed by atoms with Gasteiger partial charge >= 0.3 is 6.09 Å². The Morgan fingerprint density at radius 2 is 1.89 bits per heavy atom. The Labute approximate surface area is 107 Å². The van der Waals surface area contributed by atoms with E-state index in [1.807, 2.05) is 0 Å². The van der Waals surface area contributed by atoms with Crippen molar-refractivity contribution in [3.8, 4) is 0 Å². The molecule has 1 atom stereocenters. The first-order valence-electron chi connectivity index (χ1n) is 6.20. The van der Waals surface area contributed by atoms with E-state index in [0.29, 0.717) is 12.8 Å². The van der Waals surface area contributed by atoms with Gasteiger partial charge in [-0.2, -0.15) is 0 Å². The number of nitrogens with one attached hydrogen (secondary N) is 2. The van der Waals surface area contributed by atoms with Crippen molar-refractivity contribution < 1.29 is 19.4 Å². The maximum atomic E-state index is 11.6. The molecule has 2 N–H and O–H groups in total. The summed E-state index contributed by atoms with van der Waals surface area (Å²) >= 11 is 0. The predicted molar refractivity (Wildman–Crippen MR) is 63.8 cm³/mol. The van der Waals surface area contributed by atoms with Crippen LogP contribution in [0.1, 0.15) is 33.6 Å². The summed E-state index contributed by atoms with van der Waals surface area (Å²) in [6.45, 7) is 6.69. The first-order valence-corrected chi connectivity index (χ1v) is 6.20. The van der Waals surface area contributed by atoms with Crippen LogP contribution in [0.4, 0.5) is 4.79 Å². The van der Waals surface area contributed by atoms with Crippen molar-refractivity contribution in [2.75, 3.05) is 13.1 Å². The normalized spacial score (nSPS) is 19.1. The molecule has 1 fully saturated rings. The Kier molecular flexibility index (Phi) is 4.95. The molecule has 0 aliphatic carbocycles. The van der Waals surface area contributed by atoms with Gasteiger partial charge in [-0.1, -0.05) is 0 Å². The van der Waals surface area contributed by atoms with Crippen LogP contribution in [0.25, 0.3) is 0 Å². The molecule has 1 aliphatic heterocycles. The number of carbonyl (C=O) groups is 2. The Bertz CT molecular complexity index is 306. The van der Waals surface area contributed by atoms with Crippen LogP contribution < -0.4 is 15.7 Å². The lowest BCUT2D eigenvalue weighted by Crippen LogP contribution is -2.54. The molecule has 1 rings (SSSR count). The van der Waals surface area contributed by atoms with Gasteiger partial charge in [-0.25, -0.2) is 4.79 Å². The molecule has 0 aromatic heterocycles. The maximum Gasteiger partial charge on any atom is 0.408 e. The fourth-order valence-electron chi connectivity index (χ4n) is 1.98. The second-order valence-corrected chi connectivity index (χ2v) is 5.53. The Morgan fingerprint density at radius 3 is 2.33 bits per heavy atom. The largest absolute Gasteiger partial charge is 0.548 e. The number of hydrogen-bond donors (Lipinski definition) is 2. The average molecular weight is 257 g/mol. The molecule has 1 saturated heterocycles. The second kappa shape index (κ2) is 6.04. The van der Waals surface area contributed by atoms with Crippen molar-refractivity contribution in [3.05, 3.63) is 0 Å². The first-order chi connectivity index (χ1) is 8.29. The van der Waals surface area contributed by atoms with Gasteiger partial charge in [-0.3, -0.25) is 0 Å². The molecule has 0 aromatic rings. The lowest BCUT2D eigenvalue weighted by Gasteiger charge is -2.32. The number of hydrogen-bond acceptors (Lipinski definition) is 5. The fourth-order valence-corrected chi connectivity index (χ4v) is 1.98. The molecule has 1 unspecified atom stereocenters. The molecular weight excluding hydrogens is 236 g/mol. The molecule has 0 saturated carbocycles. The summed E-state index contributed by atoms with van der Waals surface area (Å²) in [5.74, 6) is -1.36. The quantitative estimate of drug-likeness (QED) is 0.720. The minimum atomic E-state index is -1.26. The Morgan fingerprint density at radius 1 is 1.33 bits per heavy atom. The number of amides is 1. The summed E-state index contributed by atoms with van der Waals surface area (Å²) in [6, 6.07) is -0.984. The van der Waals surface area contributed by atoms with Crippen molar-refractivity contribution >= 4 is 12.1 Å². The van der Waals surface area contributed by atoms with Gasteiger partial charge in [0.05, 0.1) is 12.0 Å². The zero-order valence-electron chi connectivity index (χ0n) is 11.1. The van der Waals surface area contributed by atoms with E-state index in [1.54, 1.807) is 20.8 Å². The van der Waals surface area contributed by atoms with Gasteiger partial charge in [0.15, 0.2) is 0 Å². The van der Waals surface area contributed by atoms with Gasteiger partial charge in [0.1, 0.15) is 5.60 Å². The topological polar surface area (TPSA) is 90.5 Å². The number of rotatable bonds is 3. The van der Waals surface area contributed by atoms with E-state index in [-0.39, 0.29) is 5.92 Å². The van der Waals surface area contributed by atoms with Gasteiger partial charge in [0.2, 0.25) is 0 Å². The standard InChI is InChI=1S/C12H22N2O4/c1-12(2,3)18-11(17)14-9(10(15)16)8-4-6-13-7-5-8/h8-9,13H,4-7H2,1-3H3,(H,14,17)(H,15,16)/p-1. The van der Waals surface area contributed by atoms with E-state index in [2.05, 4.69) is 10.6 Å². The number of carboxylic acids is 1. The van der Waals surface area contributed by atoms with Crippen LogP contribution in [-0.2, 0) is 9.53 Å². The summed E-state index contributed by atoms with van der Waals surface area (Å²) in [6.07, 6.45) is 0.693. The van der Waals surface area contributed by atoms with Crippen LogP contribution in [0, 0.1) is 5.92 Å². The zero-order valence-corrected chi connectivity index (χ0v) is 11.1. The fraction of sp³-hybridized carbons (Fsp3) is 0.833. The van der Waals surface area contributed by atoms with Gasteiger partial charge < -0.3 is 25.3 Å². The molecule has 0 aromatic carbocycles. The average Bonchev–Trinajstić information content (AvgIpc) is 2.24. The summed E-state index contributed by atoms with van der Waals surface area (Å²) in [5.41, 5.74) is -0.644. The minimum absolute atomic E-state index is 0.108. The van der Waals surface area contributed by atoms with E-state index in [4.69, 9.17) is 4.74 Å². The van der Waals surface area contributed by atoms with Crippen molar-refractivity contribution in [3.63, 3.8) is 0 Å². The first kappa shape index (κ1) is 14.8. The van der Waals surface area contributed by atoms with Gasteiger partial charge in [-0.05, 0) is 52.6 Å². The zero-order chi connectivity index (χ0) is 13.8. The highest BCUT2D eigenvalue weighted by Gasteiger charge is 2.27. The van der Waals surface area contributed by atoms with Gasteiger partial charge in [0, 0.05) is 0 Å². The van der Waals surface area contributed by atoms with Crippen LogP contribution in [0.5, 0.6) is 0 Å². The molecular formula is C12H21N2O4-. The molecule has 6 heteroatoms. The Hall–Kier alpha value is -1.30. The maximum absolute atomic E-state index is 11.6. The van der Waals surface area contributed by atoms with Crippen LogP contribution in [-0.4, -0.2) is 36.8 Å². The second-order valence-electron chi connectivity index (χ2n) is 5.53. The third-order valence-electron chi connectivity index (χ3n) is 2.78. The number of aliphatic carboxylic acids is 1. The van der Waals surface area contributed by atoms with Crippen LogP contribution >= 0.6 is 0 Å². The molecule has 1 amide bonds. The lowest BCUT2D eigenvalue weighted by atomic mass is 9.90.